The van der Waals surface area contributed by atoms with Crippen molar-refractivity contribution >= 4 is 18.1 Å². The molecule has 0 atom stereocenters. The Bertz CT molecular complexity index is 1350. The fourth-order valence-corrected chi connectivity index (χ4v) is 4.63. The summed E-state index contributed by atoms with van der Waals surface area (Å²) in [4.78, 5) is 12.7. The normalized spacial score (nSPS) is 12.5. The van der Waals surface area contributed by atoms with Gasteiger partial charge in [-0.2, -0.15) is 10.2 Å². The molecule has 0 saturated heterocycles. The number of methoxy groups -OCH3 is 1. The number of rotatable bonds is 8. The number of benzene rings is 2. The van der Waals surface area contributed by atoms with Crippen molar-refractivity contribution in [3.05, 3.63) is 76.3 Å². The average molecular weight is 475 g/mol. The Morgan fingerprint density at radius 3 is 2.71 bits per heavy atom. The predicted molar refractivity (Wildman–Crippen MR) is 131 cm³/mol. The van der Waals surface area contributed by atoms with Crippen LogP contribution in [-0.4, -0.2) is 37.6 Å². The molecule has 0 unspecified atom stereocenters. The number of carbonyl (C=O) groups is 1. The maximum Gasteiger partial charge on any atom is 0.222 e. The molecule has 0 radical (unpaired) electrons. The van der Waals surface area contributed by atoms with Gasteiger partial charge in [0.1, 0.15) is 5.75 Å². The number of aromatic amines is 1. The van der Waals surface area contributed by atoms with Crippen molar-refractivity contribution < 1.29 is 9.53 Å². The van der Waals surface area contributed by atoms with E-state index in [-0.39, 0.29) is 5.91 Å². The number of carbonyl (C=O) groups excluding carboxylic acids is 1. The molecule has 4 aromatic rings. The van der Waals surface area contributed by atoms with Crippen LogP contribution in [0.25, 0.3) is 17.1 Å². The Morgan fingerprint density at radius 2 is 1.94 bits per heavy atom. The molecule has 34 heavy (non-hydrogen) atoms. The highest BCUT2D eigenvalue weighted by molar-refractivity contribution is 7.71. The van der Waals surface area contributed by atoms with Gasteiger partial charge in [0.05, 0.1) is 25.0 Å². The summed E-state index contributed by atoms with van der Waals surface area (Å²) in [5.74, 6) is 1.41. The highest BCUT2D eigenvalue weighted by Gasteiger charge is 2.23. The van der Waals surface area contributed by atoms with Crippen molar-refractivity contribution in [1.82, 2.24) is 29.9 Å². The van der Waals surface area contributed by atoms with Crippen LogP contribution in [0.15, 0.2) is 54.6 Å². The molecule has 5 rings (SSSR count). The van der Waals surface area contributed by atoms with Crippen LogP contribution in [0.4, 0.5) is 0 Å². The van der Waals surface area contributed by atoms with E-state index < -0.39 is 0 Å². The molecule has 8 nitrogen and oxygen atoms in total. The fourth-order valence-electron chi connectivity index (χ4n) is 4.41. The van der Waals surface area contributed by atoms with Crippen molar-refractivity contribution in [3.8, 4) is 22.8 Å². The minimum Gasteiger partial charge on any atom is -0.497 e. The van der Waals surface area contributed by atoms with Crippen LogP contribution >= 0.6 is 12.2 Å². The van der Waals surface area contributed by atoms with Gasteiger partial charge in [-0.15, -0.1) is 0 Å². The van der Waals surface area contributed by atoms with Crippen molar-refractivity contribution in [2.24, 2.45) is 0 Å². The third-order valence-electron chi connectivity index (χ3n) is 6.14. The Labute approximate surface area is 202 Å². The van der Waals surface area contributed by atoms with E-state index in [0.717, 1.165) is 42.0 Å². The molecule has 1 aliphatic rings. The topological polar surface area (TPSA) is 89.8 Å². The maximum atomic E-state index is 12.7. The summed E-state index contributed by atoms with van der Waals surface area (Å²) in [6, 6.07) is 17.7. The third-order valence-corrected chi connectivity index (χ3v) is 6.45. The van der Waals surface area contributed by atoms with Crippen LogP contribution in [0.2, 0.25) is 0 Å². The lowest BCUT2D eigenvalue weighted by molar-refractivity contribution is -0.121. The first-order chi connectivity index (χ1) is 16.6. The summed E-state index contributed by atoms with van der Waals surface area (Å²) in [7, 11) is 1.63. The van der Waals surface area contributed by atoms with Gasteiger partial charge in [0.2, 0.25) is 5.91 Å². The molecule has 2 N–H and O–H groups in total. The number of hydrogen-bond donors (Lipinski definition) is 2. The molecule has 0 fully saturated rings. The van der Waals surface area contributed by atoms with Crippen LogP contribution in [0.1, 0.15) is 29.8 Å². The van der Waals surface area contributed by atoms with Gasteiger partial charge in [0, 0.05) is 24.2 Å². The zero-order valence-corrected chi connectivity index (χ0v) is 19.8. The zero-order valence-electron chi connectivity index (χ0n) is 19.0. The third kappa shape index (κ3) is 4.38. The van der Waals surface area contributed by atoms with Gasteiger partial charge in [-0.1, -0.05) is 18.2 Å². The molecule has 0 saturated carbocycles. The zero-order chi connectivity index (χ0) is 23.5. The fraction of sp³-hybridized carbons (Fsp3) is 0.280. The molecule has 1 amide bonds. The molecule has 1 aliphatic carbocycles. The number of H-pyrrole nitrogens is 1. The van der Waals surface area contributed by atoms with E-state index in [0.29, 0.717) is 30.1 Å². The standard InChI is InChI=1S/C25H26N6O2S/c1-33-19-12-10-17(11-13-19)24-27-28-25(34)30(24)15-14-23(32)26-16-21-20-8-5-9-22(20)31(29-21)18-6-3-2-4-7-18/h2-4,6-7,10-13H,5,8-9,14-16H2,1H3,(H,26,32)(H,28,34). The Morgan fingerprint density at radius 1 is 1.15 bits per heavy atom. The number of amides is 1. The van der Waals surface area contributed by atoms with E-state index in [4.69, 9.17) is 22.1 Å². The second-order valence-corrected chi connectivity index (χ2v) is 8.62. The summed E-state index contributed by atoms with van der Waals surface area (Å²) in [6.07, 6.45) is 3.42. The molecule has 174 valence electrons. The van der Waals surface area contributed by atoms with Crippen LogP contribution < -0.4 is 10.1 Å². The minimum absolute atomic E-state index is 0.0511. The van der Waals surface area contributed by atoms with Gasteiger partial charge in [-0.05, 0) is 73.4 Å². The smallest absolute Gasteiger partial charge is 0.222 e. The van der Waals surface area contributed by atoms with Gasteiger partial charge in [-0.25, -0.2) is 4.68 Å². The molecule has 2 aromatic carbocycles. The van der Waals surface area contributed by atoms with Crippen molar-refractivity contribution in [3.63, 3.8) is 0 Å². The predicted octanol–water partition coefficient (Wildman–Crippen LogP) is 4.00. The molecule has 9 heteroatoms. The van der Waals surface area contributed by atoms with Gasteiger partial charge in [0.15, 0.2) is 10.6 Å². The second kappa shape index (κ2) is 9.64. The van der Waals surface area contributed by atoms with Crippen molar-refractivity contribution in [2.75, 3.05) is 7.11 Å². The van der Waals surface area contributed by atoms with Crippen LogP contribution in [0.3, 0.4) is 0 Å². The molecular weight excluding hydrogens is 448 g/mol. The SMILES string of the molecule is COc1ccc(-c2n[nH]c(=S)n2CCC(=O)NCc2nn(-c3ccccc3)c3c2CCC3)cc1. The van der Waals surface area contributed by atoms with E-state index in [1.54, 1.807) is 7.11 Å². The minimum atomic E-state index is -0.0511. The second-order valence-electron chi connectivity index (χ2n) is 8.23. The molecule has 0 spiro atoms. The number of para-hydroxylation sites is 1. The van der Waals surface area contributed by atoms with E-state index in [1.807, 2.05) is 51.7 Å². The number of fused-ring (bicyclic) bond motifs is 1. The molecule has 0 bridgehead atoms. The monoisotopic (exact) mass is 474 g/mol. The van der Waals surface area contributed by atoms with Crippen LogP contribution in [-0.2, 0) is 30.7 Å². The van der Waals surface area contributed by atoms with Crippen LogP contribution in [0.5, 0.6) is 5.75 Å². The lowest BCUT2D eigenvalue weighted by atomic mass is 10.2. The number of nitrogens with zero attached hydrogens (tertiary/aromatic N) is 4. The van der Waals surface area contributed by atoms with E-state index in [2.05, 4.69) is 27.6 Å². The molecule has 2 aromatic heterocycles. The lowest BCUT2D eigenvalue weighted by Gasteiger charge is -2.08. The van der Waals surface area contributed by atoms with Crippen molar-refractivity contribution in [1.29, 1.82) is 0 Å². The van der Waals surface area contributed by atoms with E-state index >= 15 is 0 Å². The maximum absolute atomic E-state index is 12.7. The van der Waals surface area contributed by atoms with Gasteiger partial charge >= 0.3 is 0 Å². The largest absolute Gasteiger partial charge is 0.497 e. The number of nitrogens with one attached hydrogen (secondary N) is 2. The first-order valence-electron chi connectivity index (χ1n) is 11.4. The molecule has 0 aliphatic heterocycles. The quantitative estimate of drug-likeness (QED) is 0.377. The van der Waals surface area contributed by atoms with E-state index in [9.17, 15) is 4.79 Å². The first-order valence-corrected chi connectivity index (χ1v) is 11.8. The van der Waals surface area contributed by atoms with Crippen molar-refractivity contribution in [2.45, 2.75) is 38.8 Å². The number of hydrogen-bond acceptors (Lipinski definition) is 5. The van der Waals surface area contributed by atoms with Gasteiger partial charge in [-0.3, -0.25) is 14.5 Å². The van der Waals surface area contributed by atoms with Gasteiger partial charge < -0.3 is 10.1 Å². The average Bonchev–Trinajstić information content (AvgIpc) is 3.58. The number of ether oxygens (including phenoxy) is 1. The Balaban J connectivity index is 1.25. The summed E-state index contributed by atoms with van der Waals surface area (Å²) in [5, 5.41) is 15.0. The summed E-state index contributed by atoms with van der Waals surface area (Å²) >= 11 is 5.39. The Kier molecular flexibility index (Phi) is 6.27. The molecular formula is C25H26N6O2S. The molecule has 2 heterocycles. The summed E-state index contributed by atoms with van der Waals surface area (Å²) in [6.45, 7) is 0.849. The first kappa shape index (κ1) is 22.1. The summed E-state index contributed by atoms with van der Waals surface area (Å²) in [5.41, 5.74) is 5.42. The summed E-state index contributed by atoms with van der Waals surface area (Å²) < 4.78 is 9.58. The number of aromatic nitrogens is 5. The highest BCUT2D eigenvalue weighted by atomic mass is 32.1. The Hall–Kier alpha value is -3.72. The lowest BCUT2D eigenvalue weighted by Crippen LogP contribution is -2.25. The van der Waals surface area contributed by atoms with Crippen LogP contribution in [0, 0.1) is 4.77 Å². The van der Waals surface area contributed by atoms with E-state index in [1.165, 1.54) is 11.3 Å². The highest BCUT2D eigenvalue weighted by Crippen LogP contribution is 2.28. The van der Waals surface area contributed by atoms with Gasteiger partial charge in [0.25, 0.3) is 0 Å².